The molecule has 0 radical (unpaired) electrons. The summed E-state index contributed by atoms with van der Waals surface area (Å²) >= 11 is 1.03. The molecular weight excluding hydrogens is 328 g/mol. The van der Waals surface area contributed by atoms with Crippen molar-refractivity contribution < 1.29 is 4.79 Å². The van der Waals surface area contributed by atoms with E-state index in [0.29, 0.717) is 6.42 Å². The Morgan fingerprint density at radius 2 is 1.88 bits per heavy atom. The van der Waals surface area contributed by atoms with Crippen LogP contribution in [0.1, 0.15) is 30.0 Å². The Bertz CT molecular complexity index is 849. The maximum absolute atomic E-state index is 12.6. The second kappa shape index (κ2) is 7.48. The van der Waals surface area contributed by atoms with Gasteiger partial charge in [0.2, 0.25) is 5.91 Å². The van der Waals surface area contributed by atoms with Crippen molar-refractivity contribution >= 4 is 23.4 Å². The lowest BCUT2D eigenvalue weighted by atomic mass is 10.0. The molecule has 7 nitrogen and oxygen atoms in total. The van der Waals surface area contributed by atoms with Gasteiger partial charge in [-0.15, -0.1) is 0 Å². The molecule has 0 aliphatic rings. The van der Waals surface area contributed by atoms with Crippen LogP contribution in [0.5, 0.6) is 0 Å². The summed E-state index contributed by atoms with van der Waals surface area (Å²) in [5.41, 5.74) is 2.62. The van der Waals surface area contributed by atoms with Crippen molar-refractivity contribution in [3.8, 4) is 0 Å². The smallest absolute Gasteiger partial charge is 0.325 e. The van der Waals surface area contributed by atoms with Gasteiger partial charge in [0.1, 0.15) is 0 Å². The van der Waals surface area contributed by atoms with Crippen molar-refractivity contribution in [1.82, 2.24) is 15.2 Å². The van der Waals surface area contributed by atoms with Crippen LogP contribution in [0.4, 0.5) is 5.69 Å². The van der Waals surface area contributed by atoms with Crippen molar-refractivity contribution in [1.29, 1.82) is 0 Å². The lowest BCUT2D eigenvalue weighted by molar-refractivity contribution is -0.115. The minimum Gasteiger partial charge on any atom is -0.325 e. The van der Waals surface area contributed by atoms with Crippen molar-refractivity contribution in [2.75, 3.05) is 5.32 Å². The van der Waals surface area contributed by atoms with Gasteiger partial charge in [-0.1, -0.05) is 36.4 Å². The molecule has 1 atom stereocenters. The number of H-pyrrole nitrogens is 2. The van der Waals surface area contributed by atoms with Gasteiger partial charge in [0.15, 0.2) is 5.03 Å². The minimum absolute atomic E-state index is 0.0638. The molecule has 3 N–H and O–H groups in total. The normalized spacial score (nSPS) is 12.0. The number of anilines is 1. The third-order valence-electron chi connectivity index (χ3n) is 3.52. The number of carbonyl (C=O) groups is 1. The van der Waals surface area contributed by atoms with E-state index < -0.39 is 16.5 Å². The van der Waals surface area contributed by atoms with Crippen LogP contribution in [-0.4, -0.2) is 26.3 Å². The number of nitrogens with one attached hydrogen (secondary N) is 3. The third kappa shape index (κ3) is 4.14. The van der Waals surface area contributed by atoms with Gasteiger partial charge in [-0.05, 0) is 38.3 Å². The highest BCUT2D eigenvalue weighted by molar-refractivity contribution is 8.00. The Morgan fingerprint density at radius 1 is 1.25 bits per heavy atom. The molecule has 0 saturated heterocycles. The zero-order valence-electron chi connectivity index (χ0n) is 14.0. The molecule has 1 aromatic heterocycles. The van der Waals surface area contributed by atoms with Crippen LogP contribution in [0.15, 0.2) is 26.7 Å². The summed E-state index contributed by atoms with van der Waals surface area (Å²) in [6.45, 7) is 7.74. The molecule has 1 heterocycles. The summed E-state index contributed by atoms with van der Waals surface area (Å²) in [6.07, 6.45) is 0.515. The Hall–Kier alpha value is -2.35. The maximum Gasteiger partial charge on any atom is 0.342 e. The first-order valence-corrected chi connectivity index (χ1v) is 8.44. The molecule has 8 heteroatoms. The van der Waals surface area contributed by atoms with Gasteiger partial charge in [-0.3, -0.25) is 14.6 Å². The van der Waals surface area contributed by atoms with Crippen LogP contribution in [0.2, 0.25) is 0 Å². The van der Waals surface area contributed by atoms with Crippen molar-refractivity contribution in [2.45, 2.75) is 44.4 Å². The second-order valence-corrected chi connectivity index (χ2v) is 6.78. The van der Waals surface area contributed by atoms with Crippen LogP contribution in [0, 0.1) is 20.8 Å². The molecule has 0 spiro atoms. The van der Waals surface area contributed by atoms with Crippen molar-refractivity contribution in [3.05, 3.63) is 49.7 Å². The number of thioether (sulfide) groups is 1. The quantitative estimate of drug-likeness (QED) is 0.715. The van der Waals surface area contributed by atoms with E-state index in [9.17, 15) is 14.4 Å². The van der Waals surface area contributed by atoms with Gasteiger partial charge in [0, 0.05) is 5.69 Å². The fourth-order valence-corrected chi connectivity index (χ4v) is 3.31. The first kappa shape index (κ1) is 18.0. The van der Waals surface area contributed by atoms with Gasteiger partial charge in [0.05, 0.1) is 5.25 Å². The van der Waals surface area contributed by atoms with E-state index in [-0.39, 0.29) is 10.9 Å². The summed E-state index contributed by atoms with van der Waals surface area (Å²) in [6, 6.07) is 4.01. The fraction of sp³-hybridized carbons (Fsp3) is 0.375. The van der Waals surface area contributed by atoms with Crippen LogP contribution in [0.25, 0.3) is 0 Å². The number of aromatic nitrogens is 3. The topological polar surface area (TPSA) is 108 Å². The number of rotatable bonds is 5. The minimum atomic E-state index is -0.673. The Kier molecular flexibility index (Phi) is 5.61. The first-order chi connectivity index (χ1) is 11.3. The number of aromatic amines is 2. The van der Waals surface area contributed by atoms with Gasteiger partial charge in [-0.25, -0.2) is 9.89 Å². The molecule has 0 fully saturated rings. The highest BCUT2D eigenvalue weighted by Crippen LogP contribution is 2.25. The number of nitrogens with zero attached hydrogens (tertiary/aromatic N) is 1. The van der Waals surface area contributed by atoms with E-state index in [0.717, 1.165) is 34.1 Å². The highest BCUT2D eigenvalue weighted by atomic mass is 32.2. The number of aryl methyl sites for hydroxylation is 3. The molecule has 0 saturated carbocycles. The Labute approximate surface area is 143 Å². The van der Waals surface area contributed by atoms with E-state index in [2.05, 4.69) is 20.5 Å². The zero-order chi connectivity index (χ0) is 17.9. The monoisotopic (exact) mass is 348 g/mol. The molecule has 0 unspecified atom stereocenters. The van der Waals surface area contributed by atoms with Crippen molar-refractivity contribution in [3.63, 3.8) is 0 Å². The summed E-state index contributed by atoms with van der Waals surface area (Å²) in [5.74, 6) is -0.204. The van der Waals surface area contributed by atoms with Gasteiger partial charge in [0.25, 0.3) is 5.56 Å². The summed E-state index contributed by atoms with van der Waals surface area (Å²) in [4.78, 5) is 37.4. The van der Waals surface area contributed by atoms with E-state index in [4.69, 9.17) is 0 Å². The highest BCUT2D eigenvalue weighted by Gasteiger charge is 2.21. The molecule has 0 aliphatic carbocycles. The number of carbonyl (C=O) groups excluding carboxylic acids is 1. The predicted molar refractivity (Wildman–Crippen MR) is 94.7 cm³/mol. The Balaban J connectivity index is 2.20. The van der Waals surface area contributed by atoms with Gasteiger partial charge < -0.3 is 5.32 Å². The fourth-order valence-electron chi connectivity index (χ4n) is 2.45. The summed E-state index contributed by atoms with van der Waals surface area (Å²) in [7, 11) is 0. The molecule has 0 aliphatic heterocycles. The number of hydrogen-bond donors (Lipinski definition) is 3. The average molecular weight is 348 g/mol. The van der Waals surface area contributed by atoms with Crippen LogP contribution in [-0.2, 0) is 4.79 Å². The number of amides is 1. The molecule has 1 amide bonds. The van der Waals surface area contributed by atoms with Crippen molar-refractivity contribution in [2.24, 2.45) is 0 Å². The van der Waals surface area contributed by atoms with Crippen LogP contribution < -0.4 is 16.6 Å². The van der Waals surface area contributed by atoms with E-state index in [1.807, 2.05) is 39.8 Å². The first-order valence-electron chi connectivity index (χ1n) is 7.56. The van der Waals surface area contributed by atoms with E-state index in [1.54, 1.807) is 0 Å². The zero-order valence-corrected chi connectivity index (χ0v) is 14.8. The van der Waals surface area contributed by atoms with Crippen LogP contribution in [0.3, 0.4) is 0 Å². The second-order valence-electron chi connectivity index (χ2n) is 5.59. The largest absolute Gasteiger partial charge is 0.342 e. The summed E-state index contributed by atoms with van der Waals surface area (Å²) < 4.78 is 0. The maximum atomic E-state index is 12.6. The van der Waals surface area contributed by atoms with Crippen LogP contribution >= 0.6 is 11.8 Å². The van der Waals surface area contributed by atoms with E-state index >= 15 is 0 Å². The molecular formula is C16H20N4O3S. The predicted octanol–water partition coefficient (Wildman–Crippen LogP) is 1.89. The third-order valence-corrected chi connectivity index (χ3v) is 4.85. The van der Waals surface area contributed by atoms with Gasteiger partial charge in [-0.2, -0.15) is 5.10 Å². The van der Waals surface area contributed by atoms with E-state index in [1.165, 1.54) is 0 Å². The average Bonchev–Trinajstić information content (AvgIpc) is 2.50. The summed E-state index contributed by atoms with van der Waals surface area (Å²) in [5, 5.41) is 8.38. The molecule has 2 aromatic rings. The lowest BCUT2D eigenvalue weighted by Gasteiger charge is -2.17. The number of hydrogen-bond acceptors (Lipinski definition) is 5. The standard InChI is InChI=1S/C16H20N4O3S/c1-5-11(24-15-14(22)18-16(23)20-19-15)13(21)17-12-9(3)6-8(2)7-10(12)4/h6-7,11H,5H2,1-4H3,(H,17,21)(H2,18,20,22,23)/t11-/m0/s1. The molecule has 0 bridgehead atoms. The number of benzene rings is 1. The molecule has 24 heavy (non-hydrogen) atoms. The SMILES string of the molecule is CC[C@H](Sc1n[nH]c(=O)[nH]c1=O)C(=O)Nc1c(C)cc(C)cc1C. The Morgan fingerprint density at radius 3 is 2.42 bits per heavy atom. The molecule has 128 valence electrons. The molecule has 1 aromatic carbocycles. The molecule has 2 rings (SSSR count). The lowest BCUT2D eigenvalue weighted by Crippen LogP contribution is -2.29. The van der Waals surface area contributed by atoms with Gasteiger partial charge >= 0.3 is 5.69 Å².